The minimum atomic E-state index is -0.913. The monoisotopic (exact) mass is 473 g/mol. The molecule has 1 aliphatic rings. The fraction of sp³-hybridized carbons (Fsp3) is 0.393. The number of nitriles is 1. The third-order valence-electron chi connectivity index (χ3n) is 7.04. The Bertz CT molecular complexity index is 1350. The summed E-state index contributed by atoms with van der Waals surface area (Å²) in [5.41, 5.74) is 1.41. The summed E-state index contributed by atoms with van der Waals surface area (Å²) in [4.78, 5) is 27.1. The van der Waals surface area contributed by atoms with Crippen LogP contribution in [0.1, 0.15) is 39.3 Å². The summed E-state index contributed by atoms with van der Waals surface area (Å²) < 4.78 is 7.00. The van der Waals surface area contributed by atoms with Crippen molar-refractivity contribution in [2.24, 2.45) is 11.3 Å². The minimum Gasteiger partial charge on any atom is -0.497 e. The summed E-state index contributed by atoms with van der Waals surface area (Å²) in [7, 11) is 1.57. The predicted molar refractivity (Wildman–Crippen MR) is 136 cm³/mol. The average Bonchev–Trinajstić information content (AvgIpc) is 2.84. The van der Waals surface area contributed by atoms with E-state index in [-0.39, 0.29) is 22.9 Å². The number of amides is 1. The van der Waals surface area contributed by atoms with Crippen molar-refractivity contribution < 1.29 is 14.6 Å². The van der Waals surface area contributed by atoms with E-state index < -0.39 is 6.09 Å². The molecule has 0 bridgehead atoms. The van der Waals surface area contributed by atoms with Gasteiger partial charge in [0.15, 0.2) is 0 Å². The van der Waals surface area contributed by atoms with Crippen LogP contribution in [0.5, 0.6) is 5.75 Å². The van der Waals surface area contributed by atoms with Crippen molar-refractivity contribution >= 4 is 16.9 Å². The number of methoxy groups -OCH3 is 1. The van der Waals surface area contributed by atoms with Crippen LogP contribution >= 0.6 is 0 Å². The molecule has 1 N–H and O–H groups in total. The fourth-order valence-electron chi connectivity index (χ4n) is 5.25. The molecule has 2 atom stereocenters. The van der Waals surface area contributed by atoms with Gasteiger partial charge in [-0.05, 0) is 47.9 Å². The smallest absolute Gasteiger partial charge is 0.407 e. The normalized spacial score (nSPS) is 18.3. The minimum absolute atomic E-state index is 0.0685. The molecule has 0 aliphatic carbocycles. The molecule has 3 aromatic rings. The Morgan fingerprint density at radius 3 is 2.49 bits per heavy atom. The van der Waals surface area contributed by atoms with E-state index in [0.29, 0.717) is 53.7 Å². The van der Waals surface area contributed by atoms with Crippen molar-refractivity contribution in [3.8, 4) is 22.9 Å². The quantitative estimate of drug-likeness (QED) is 0.551. The van der Waals surface area contributed by atoms with Gasteiger partial charge in [-0.1, -0.05) is 51.1 Å². The molecule has 1 aliphatic heterocycles. The van der Waals surface area contributed by atoms with Crippen molar-refractivity contribution in [3.63, 3.8) is 0 Å². The zero-order valence-corrected chi connectivity index (χ0v) is 20.6. The molecule has 4 rings (SSSR count). The first-order valence-corrected chi connectivity index (χ1v) is 11.8. The number of benzene rings is 2. The highest BCUT2D eigenvalue weighted by molar-refractivity contribution is 5.99. The molecular formula is C28H31N3O4. The molecule has 0 saturated carbocycles. The van der Waals surface area contributed by atoms with Crippen molar-refractivity contribution in [1.82, 2.24) is 9.47 Å². The summed E-state index contributed by atoms with van der Waals surface area (Å²) in [6.07, 6.45) is 0.357. The van der Waals surface area contributed by atoms with E-state index in [1.807, 2.05) is 57.2 Å². The maximum absolute atomic E-state index is 13.7. The molecule has 1 aromatic heterocycles. The number of rotatable bonds is 4. The van der Waals surface area contributed by atoms with Crippen LogP contribution in [-0.2, 0) is 6.54 Å². The van der Waals surface area contributed by atoms with Gasteiger partial charge in [-0.25, -0.2) is 4.79 Å². The molecule has 35 heavy (non-hydrogen) atoms. The second-order valence-electron chi connectivity index (χ2n) is 10.3. The molecule has 1 fully saturated rings. The van der Waals surface area contributed by atoms with Crippen LogP contribution in [0.25, 0.3) is 21.9 Å². The second kappa shape index (κ2) is 9.46. The Morgan fingerprint density at radius 2 is 1.89 bits per heavy atom. The van der Waals surface area contributed by atoms with Crippen molar-refractivity contribution in [2.45, 2.75) is 46.2 Å². The van der Waals surface area contributed by atoms with Gasteiger partial charge < -0.3 is 14.7 Å². The first-order valence-electron chi connectivity index (χ1n) is 11.8. The van der Waals surface area contributed by atoms with Crippen LogP contribution in [0.15, 0.2) is 53.3 Å². The Hall–Kier alpha value is -3.79. The molecule has 2 aromatic carbocycles. The van der Waals surface area contributed by atoms with Crippen molar-refractivity contribution in [1.29, 1.82) is 5.26 Å². The summed E-state index contributed by atoms with van der Waals surface area (Å²) in [6, 6.07) is 17.1. The van der Waals surface area contributed by atoms with E-state index in [1.54, 1.807) is 23.8 Å². The Kier molecular flexibility index (Phi) is 6.58. The third kappa shape index (κ3) is 4.61. The zero-order valence-electron chi connectivity index (χ0n) is 20.6. The highest BCUT2D eigenvalue weighted by Crippen LogP contribution is 2.37. The largest absolute Gasteiger partial charge is 0.497 e. The van der Waals surface area contributed by atoms with Gasteiger partial charge >= 0.3 is 6.09 Å². The molecule has 2 unspecified atom stereocenters. The van der Waals surface area contributed by atoms with E-state index >= 15 is 0 Å². The summed E-state index contributed by atoms with van der Waals surface area (Å²) in [5.74, 6) is 0.684. The van der Waals surface area contributed by atoms with Crippen LogP contribution in [0.3, 0.4) is 0 Å². The van der Waals surface area contributed by atoms with Crippen LogP contribution in [0.4, 0.5) is 4.79 Å². The summed E-state index contributed by atoms with van der Waals surface area (Å²) in [6.45, 7) is 6.90. The highest BCUT2D eigenvalue weighted by Gasteiger charge is 2.39. The lowest BCUT2D eigenvalue weighted by Crippen LogP contribution is -2.52. The Morgan fingerprint density at radius 1 is 1.17 bits per heavy atom. The summed E-state index contributed by atoms with van der Waals surface area (Å²) in [5, 5.41) is 21.2. The molecule has 1 saturated heterocycles. The lowest BCUT2D eigenvalue weighted by Gasteiger charge is -2.44. The average molecular weight is 474 g/mol. The van der Waals surface area contributed by atoms with E-state index in [1.165, 1.54) is 4.90 Å². The number of piperidine rings is 1. The molecule has 1 amide bonds. The Balaban J connectivity index is 1.86. The van der Waals surface area contributed by atoms with Gasteiger partial charge in [-0.15, -0.1) is 0 Å². The number of ether oxygens (including phenoxy) is 1. The maximum Gasteiger partial charge on any atom is 0.407 e. The van der Waals surface area contributed by atoms with E-state index in [9.17, 15) is 20.0 Å². The van der Waals surface area contributed by atoms with Gasteiger partial charge in [0.05, 0.1) is 7.11 Å². The van der Waals surface area contributed by atoms with Gasteiger partial charge in [0.2, 0.25) is 0 Å². The number of carbonyl (C=O) groups is 1. The van der Waals surface area contributed by atoms with Gasteiger partial charge in [-0.3, -0.25) is 9.36 Å². The topological polar surface area (TPSA) is 95.6 Å². The van der Waals surface area contributed by atoms with E-state index in [0.717, 1.165) is 5.56 Å². The maximum atomic E-state index is 13.7. The van der Waals surface area contributed by atoms with Gasteiger partial charge in [0, 0.05) is 35.5 Å². The molecule has 2 heterocycles. The first-order chi connectivity index (χ1) is 16.7. The number of pyridine rings is 1. The van der Waals surface area contributed by atoms with Crippen LogP contribution in [0.2, 0.25) is 0 Å². The fourth-order valence-corrected chi connectivity index (χ4v) is 5.25. The zero-order chi connectivity index (χ0) is 25.3. The van der Waals surface area contributed by atoms with Crippen molar-refractivity contribution in [3.05, 3.63) is 64.6 Å². The Labute approximate surface area is 205 Å². The van der Waals surface area contributed by atoms with E-state index in [2.05, 4.69) is 6.07 Å². The van der Waals surface area contributed by atoms with Crippen LogP contribution < -0.4 is 10.3 Å². The number of carboxylic acid groups (broad SMARTS) is 1. The third-order valence-corrected chi connectivity index (χ3v) is 7.04. The summed E-state index contributed by atoms with van der Waals surface area (Å²) >= 11 is 0. The molecule has 182 valence electrons. The van der Waals surface area contributed by atoms with Crippen LogP contribution in [-0.4, -0.2) is 40.4 Å². The first kappa shape index (κ1) is 24.3. The lowest BCUT2D eigenvalue weighted by atomic mass is 9.77. The number of fused-ring (bicyclic) bond motifs is 1. The number of nitrogens with zero attached hydrogens (tertiary/aromatic N) is 3. The number of aromatic nitrogens is 1. The van der Waals surface area contributed by atoms with Crippen LogP contribution in [0, 0.1) is 22.7 Å². The predicted octanol–water partition coefficient (Wildman–Crippen LogP) is 5.35. The SMILES string of the molecule is COc1ccc2c(=O)n(CC3CCN(C(=O)O)C(C(C)(C)C)C3)c(C#N)c(-c3ccccc3)c2c1. The number of hydrogen-bond donors (Lipinski definition) is 1. The molecule has 0 spiro atoms. The standard InChI is InChI=1S/C28H31N3O4/c1-28(2,3)24-14-18(12-13-30(24)27(33)34)17-31-23(16-29)25(19-8-6-5-7-9-19)22-15-20(35-4)10-11-21(22)26(31)32/h5-11,15,18,24H,12-14,17H2,1-4H3,(H,33,34). The van der Waals surface area contributed by atoms with E-state index in [4.69, 9.17) is 4.74 Å². The lowest BCUT2D eigenvalue weighted by molar-refractivity contribution is 0.0371. The molecular weight excluding hydrogens is 442 g/mol. The molecule has 7 heteroatoms. The van der Waals surface area contributed by atoms with Crippen molar-refractivity contribution in [2.75, 3.05) is 13.7 Å². The van der Waals surface area contributed by atoms with Gasteiger partial charge in [0.25, 0.3) is 5.56 Å². The van der Waals surface area contributed by atoms with Gasteiger partial charge in [-0.2, -0.15) is 5.26 Å². The number of hydrogen-bond acceptors (Lipinski definition) is 4. The van der Waals surface area contributed by atoms with Gasteiger partial charge in [0.1, 0.15) is 17.5 Å². The highest BCUT2D eigenvalue weighted by atomic mass is 16.5. The number of likely N-dealkylation sites (tertiary alicyclic amines) is 1. The molecule has 7 nitrogen and oxygen atoms in total. The second-order valence-corrected chi connectivity index (χ2v) is 10.3. The molecule has 0 radical (unpaired) electrons.